The topological polar surface area (TPSA) is 65.9 Å². The van der Waals surface area contributed by atoms with Crippen molar-refractivity contribution in [3.63, 3.8) is 0 Å². The van der Waals surface area contributed by atoms with Gasteiger partial charge in [-0.15, -0.1) is 0 Å². The lowest BCUT2D eigenvalue weighted by Gasteiger charge is -2.31. The van der Waals surface area contributed by atoms with E-state index in [0.717, 1.165) is 61.9 Å². The van der Waals surface area contributed by atoms with Gasteiger partial charge in [-0.2, -0.15) is 0 Å². The Morgan fingerprint density at radius 2 is 1.76 bits per heavy atom. The van der Waals surface area contributed by atoms with E-state index in [0.29, 0.717) is 32.5 Å². The van der Waals surface area contributed by atoms with Crippen LogP contribution in [-0.2, 0) is 13.1 Å². The van der Waals surface area contributed by atoms with Gasteiger partial charge in [0.1, 0.15) is 5.75 Å². The maximum absolute atomic E-state index is 6.06. The van der Waals surface area contributed by atoms with Crippen molar-refractivity contribution in [2.45, 2.75) is 31.3 Å². The molecule has 2 aliphatic rings. The molecular formula is C21H27N3O4S. The molecular weight excluding hydrogens is 390 g/mol. The van der Waals surface area contributed by atoms with E-state index < -0.39 is 0 Å². The largest absolute Gasteiger partial charge is 0.493 e. The van der Waals surface area contributed by atoms with Crippen LogP contribution in [0.15, 0.2) is 42.7 Å². The van der Waals surface area contributed by atoms with E-state index in [1.807, 2.05) is 24.3 Å². The minimum Gasteiger partial charge on any atom is -0.493 e. The molecule has 156 valence electrons. The van der Waals surface area contributed by atoms with Gasteiger partial charge in [-0.1, -0.05) is 18.2 Å². The van der Waals surface area contributed by atoms with E-state index in [1.165, 1.54) is 0 Å². The van der Waals surface area contributed by atoms with E-state index in [4.69, 9.17) is 17.8 Å². The van der Waals surface area contributed by atoms with Crippen molar-refractivity contribution >= 4 is 18.3 Å². The summed E-state index contributed by atoms with van der Waals surface area (Å²) in [5, 5.41) is 0. The molecule has 3 heterocycles. The number of anilines is 1. The number of nitrogens with zero attached hydrogens (tertiary/aromatic N) is 3. The zero-order chi connectivity index (χ0) is 19.7. The zero-order valence-electron chi connectivity index (χ0n) is 16.4. The lowest BCUT2D eigenvalue weighted by Crippen LogP contribution is -2.38. The molecule has 0 aliphatic carbocycles. The summed E-state index contributed by atoms with van der Waals surface area (Å²) in [6.45, 7) is 4.49. The molecule has 2 saturated heterocycles. The predicted octanol–water partition coefficient (Wildman–Crippen LogP) is 3.62. The van der Waals surface area contributed by atoms with Crippen LogP contribution in [0.4, 0.5) is 5.95 Å². The van der Waals surface area contributed by atoms with Gasteiger partial charge in [0.2, 0.25) is 5.95 Å². The van der Waals surface area contributed by atoms with Crippen LogP contribution in [0, 0.1) is 0 Å². The third-order valence-electron chi connectivity index (χ3n) is 5.17. The highest BCUT2D eigenvalue weighted by molar-refractivity contribution is 7.89. The minimum absolute atomic E-state index is 0.211. The lowest BCUT2D eigenvalue weighted by molar-refractivity contribution is 0.0304. The van der Waals surface area contributed by atoms with Crippen LogP contribution < -0.4 is 9.64 Å². The maximum atomic E-state index is 6.06. The molecule has 0 saturated carbocycles. The number of hydrogen-bond donors (Lipinski definition) is 0. The van der Waals surface area contributed by atoms with Gasteiger partial charge in [0.15, 0.2) is 12.3 Å². The molecule has 29 heavy (non-hydrogen) atoms. The summed E-state index contributed by atoms with van der Waals surface area (Å²) < 4.78 is 22.8. The molecule has 2 aromatic rings. The smallest absolute Gasteiger partial charge is 0.225 e. The Kier molecular flexibility index (Phi) is 7.58. The van der Waals surface area contributed by atoms with E-state index >= 15 is 0 Å². The zero-order valence-corrected chi connectivity index (χ0v) is 17.3. The van der Waals surface area contributed by atoms with Crippen molar-refractivity contribution in [3.8, 4) is 5.75 Å². The molecule has 0 amide bonds. The Balaban J connectivity index is 1.15. The SMILES string of the molecule is c1cnc(N2CCC(OCCCOc3ccccc3C3COSOC3)CC2)nc1. The first-order valence-corrected chi connectivity index (χ1v) is 10.8. The molecule has 0 spiro atoms. The van der Waals surface area contributed by atoms with E-state index in [2.05, 4.69) is 20.9 Å². The Morgan fingerprint density at radius 1 is 1.00 bits per heavy atom. The van der Waals surface area contributed by atoms with Gasteiger partial charge in [-0.3, -0.25) is 8.37 Å². The van der Waals surface area contributed by atoms with Crippen molar-refractivity contribution < 1.29 is 17.8 Å². The number of rotatable bonds is 8. The molecule has 8 heteroatoms. The molecule has 0 unspecified atom stereocenters. The van der Waals surface area contributed by atoms with E-state index in [9.17, 15) is 0 Å². The standard InChI is InChI=1S/C21H27N3O4S/c1-2-6-20(19(5-1)17-15-27-29-28-16-17)26-14-4-13-25-18-7-11-24(12-8-18)21-22-9-3-10-23-21/h1-3,5-6,9-10,17-18H,4,7-8,11-16H2. The Labute approximate surface area is 176 Å². The summed E-state index contributed by atoms with van der Waals surface area (Å²) in [5.74, 6) is 1.93. The molecule has 1 aromatic heterocycles. The second kappa shape index (κ2) is 10.8. The first-order chi connectivity index (χ1) is 14.4. The average Bonchev–Trinajstić information content (AvgIpc) is 2.81. The van der Waals surface area contributed by atoms with Gasteiger partial charge >= 0.3 is 0 Å². The number of hydrogen-bond acceptors (Lipinski definition) is 8. The van der Waals surface area contributed by atoms with E-state index in [-0.39, 0.29) is 5.92 Å². The number of para-hydroxylation sites is 1. The van der Waals surface area contributed by atoms with E-state index in [1.54, 1.807) is 12.4 Å². The van der Waals surface area contributed by atoms with Gasteiger partial charge in [0, 0.05) is 43.4 Å². The molecule has 0 atom stereocenters. The summed E-state index contributed by atoms with van der Waals surface area (Å²) in [6.07, 6.45) is 6.75. The van der Waals surface area contributed by atoms with Crippen LogP contribution in [0.1, 0.15) is 30.7 Å². The minimum atomic E-state index is 0.211. The summed E-state index contributed by atoms with van der Waals surface area (Å²) in [4.78, 5) is 10.9. The predicted molar refractivity (Wildman–Crippen MR) is 112 cm³/mol. The monoisotopic (exact) mass is 417 g/mol. The first-order valence-electron chi connectivity index (χ1n) is 10.2. The normalized spacial score (nSPS) is 18.7. The van der Waals surface area contributed by atoms with Gasteiger partial charge in [-0.05, 0) is 25.0 Å². The highest BCUT2D eigenvalue weighted by atomic mass is 32.2. The van der Waals surface area contributed by atoms with Gasteiger partial charge in [0.05, 0.1) is 32.5 Å². The second-order valence-corrected chi connectivity index (χ2v) is 7.79. The molecule has 0 bridgehead atoms. The van der Waals surface area contributed by atoms with Gasteiger partial charge in [-0.25, -0.2) is 9.97 Å². The number of ether oxygens (including phenoxy) is 2. The van der Waals surface area contributed by atoms with Gasteiger partial charge < -0.3 is 14.4 Å². The van der Waals surface area contributed by atoms with Crippen molar-refractivity contribution in [1.82, 2.24) is 9.97 Å². The van der Waals surface area contributed by atoms with Crippen LogP contribution in [0.5, 0.6) is 5.75 Å². The number of piperidine rings is 1. The molecule has 0 radical (unpaired) electrons. The molecule has 2 fully saturated rings. The third kappa shape index (κ3) is 5.82. The van der Waals surface area contributed by atoms with Crippen LogP contribution in [0.25, 0.3) is 0 Å². The fourth-order valence-corrected chi connectivity index (χ4v) is 4.11. The van der Waals surface area contributed by atoms with Crippen molar-refractivity contribution in [3.05, 3.63) is 48.3 Å². The molecule has 0 N–H and O–H groups in total. The Bertz CT molecular complexity index is 738. The fourth-order valence-electron chi connectivity index (χ4n) is 3.60. The summed E-state index contributed by atoms with van der Waals surface area (Å²) in [6, 6.07) is 9.97. The Morgan fingerprint density at radius 3 is 2.55 bits per heavy atom. The number of benzene rings is 1. The summed E-state index contributed by atoms with van der Waals surface area (Å²) >= 11 is 1.07. The third-order valence-corrected chi connectivity index (χ3v) is 5.63. The lowest BCUT2D eigenvalue weighted by atomic mass is 10.00. The molecule has 1 aromatic carbocycles. The summed E-state index contributed by atoms with van der Waals surface area (Å²) in [7, 11) is 0. The first kappa shape index (κ1) is 20.4. The van der Waals surface area contributed by atoms with Crippen molar-refractivity contribution in [1.29, 1.82) is 0 Å². The quantitative estimate of drug-likeness (QED) is 0.477. The fraction of sp³-hybridized carbons (Fsp3) is 0.524. The van der Waals surface area contributed by atoms with Crippen LogP contribution in [0.2, 0.25) is 0 Å². The highest BCUT2D eigenvalue weighted by Crippen LogP contribution is 2.32. The molecule has 7 nitrogen and oxygen atoms in total. The molecule has 4 rings (SSSR count). The average molecular weight is 418 g/mol. The van der Waals surface area contributed by atoms with Crippen molar-refractivity contribution in [2.75, 3.05) is 44.4 Å². The van der Waals surface area contributed by atoms with Crippen LogP contribution in [0.3, 0.4) is 0 Å². The number of aromatic nitrogens is 2. The summed E-state index contributed by atoms with van der Waals surface area (Å²) in [5.41, 5.74) is 1.14. The maximum Gasteiger partial charge on any atom is 0.225 e. The second-order valence-electron chi connectivity index (χ2n) is 7.18. The van der Waals surface area contributed by atoms with Gasteiger partial charge in [0.25, 0.3) is 0 Å². The van der Waals surface area contributed by atoms with Crippen molar-refractivity contribution in [2.24, 2.45) is 0 Å². The highest BCUT2D eigenvalue weighted by Gasteiger charge is 2.22. The molecule has 2 aliphatic heterocycles. The van der Waals surface area contributed by atoms with Crippen LogP contribution in [-0.4, -0.2) is 55.6 Å². The Hall–Kier alpha value is -1.87. The van der Waals surface area contributed by atoms with Crippen LogP contribution >= 0.6 is 12.3 Å².